The maximum Gasteiger partial charge on any atom is 0.240 e. The first-order valence-electron chi connectivity index (χ1n) is 13.3. The summed E-state index contributed by atoms with van der Waals surface area (Å²) in [4.78, 5) is 14.5. The topological polar surface area (TPSA) is 47.6 Å². The molecule has 2 atom stereocenters. The molecule has 0 saturated carbocycles. The fourth-order valence-corrected chi connectivity index (χ4v) is 6.70. The van der Waals surface area contributed by atoms with Crippen molar-refractivity contribution in [1.29, 1.82) is 0 Å². The summed E-state index contributed by atoms with van der Waals surface area (Å²) in [6, 6.07) is 35.0. The lowest BCUT2D eigenvalue weighted by Gasteiger charge is -2.53. The standard InChI is InChI=1S/C34H33NO3/c1-22(2)37-25-19-20-27-29(21-25)38-33(3,4)31(34(27)26-17-11-12-18-28(26)35-32(34)36)30(23-13-7-5-8-14-23)24-15-9-6-10-16-24/h5-22,30-31H,1-4H3,(H,35,36)/t31?,34-/m1/s1. The van der Waals surface area contributed by atoms with Gasteiger partial charge >= 0.3 is 0 Å². The van der Waals surface area contributed by atoms with Gasteiger partial charge in [0.25, 0.3) is 0 Å². The lowest BCUT2D eigenvalue weighted by Crippen LogP contribution is -2.59. The highest BCUT2D eigenvalue weighted by Crippen LogP contribution is 2.62. The minimum atomic E-state index is -0.972. The van der Waals surface area contributed by atoms with Crippen LogP contribution in [-0.4, -0.2) is 17.6 Å². The van der Waals surface area contributed by atoms with E-state index in [1.54, 1.807) is 0 Å². The van der Waals surface area contributed by atoms with Gasteiger partial charge in [-0.3, -0.25) is 4.79 Å². The summed E-state index contributed by atoms with van der Waals surface area (Å²) in [7, 11) is 0. The van der Waals surface area contributed by atoms with Crippen molar-refractivity contribution in [2.24, 2.45) is 5.92 Å². The van der Waals surface area contributed by atoms with Gasteiger partial charge in [0, 0.05) is 29.2 Å². The molecule has 4 aromatic carbocycles. The van der Waals surface area contributed by atoms with Crippen molar-refractivity contribution in [2.75, 3.05) is 5.32 Å². The highest BCUT2D eigenvalue weighted by molar-refractivity contribution is 6.10. The number of fused-ring (bicyclic) bond motifs is 4. The van der Waals surface area contributed by atoms with Crippen molar-refractivity contribution in [3.63, 3.8) is 0 Å². The van der Waals surface area contributed by atoms with E-state index in [0.29, 0.717) is 5.75 Å². The zero-order valence-electron chi connectivity index (χ0n) is 22.3. The number of anilines is 1. The Hall–Kier alpha value is -4.05. The number of carbonyl (C=O) groups excluding carboxylic acids is 1. The van der Waals surface area contributed by atoms with Crippen molar-refractivity contribution in [2.45, 2.75) is 50.7 Å². The molecule has 192 valence electrons. The van der Waals surface area contributed by atoms with Gasteiger partial charge in [0.05, 0.1) is 6.10 Å². The highest BCUT2D eigenvalue weighted by Gasteiger charge is 2.64. The predicted molar refractivity (Wildman–Crippen MR) is 151 cm³/mol. The monoisotopic (exact) mass is 503 g/mol. The lowest BCUT2D eigenvalue weighted by atomic mass is 9.54. The van der Waals surface area contributed by atoms with Gasteiger partial charge in [0.15, 0.2) is 0 Å². The molecule has 1 N–H and O–H groups in total. The van der Waals surface area contributed by atoms with Gasteiger partial charge in [-0.25, -0.2) is 0 Å². The lowest BCUT2D eigenvalue weighted by molar-refractivity contribution is -0.127. The number of ether oxygens (including phenoxy) is 2. The Balaban J connectivity index is 1.68. The average Bonchev–Trinajstić information content (AvgIpc) is 3.18. The third-order valence-electron chi connectivity index (χ3n) is 7.95. The van der Waals surface area contributed by atoms with Crippen LogP contribution in [0.2, 0.25) is 0 Å². The van der Waals surface area contributed by atoms with E-state index < -0.39 is 11.0 Å². The molecule has 6 rings (SSSR count). The Bertz CT molecular complexity index is 1440. The fourth-order valence-electron chi connectivity index (χ4n) is 6.70. The largest absolute Gasteiger partial charge is 0.491 e. The van der Waals surface area contributed by atoms with Crippen LogP contribution in [0.5, 0.6) is 11.5 Å². The molecular weight excluding hydrogens is 470 g/mol. The summed E-state index contributed by atoms with van der Waals surface area (Å²) in [5, 5.41) is 3.25. The van der Waals surface area contributed by atoms with E-state index in [1.807, 2.05) is 62.4 Å². The highest BCUT2D eigenvalue weighted by atomic mass is 16.5. The van der Waals surface area contributed by atoms with Crippen LogP contribution in [0.1, 0.15) is 55.9 Å². The second-order valence-corrected chi connectivity index (χ2v) is 11.1. The van der Waals surface area contributed by atoms with Crippen LogP contribution in [0.3, 0.4) is 0 Å². The molecule has 1 spiro atoms. The number of carbonyl (C=O) groups is 1. The Morgan fingerprint density at radius 2 is 1.39 bits per heavy atom. The fraction of sp³-hybridized carbons (Fsp3) is 0.265. The van der Waals surface area contributed by atoms with Crippen molar-refractivity contribution in [1.82, 2.24) is 0 Å². The summed E-state index contributed by atoms with van der Waals surface area (Å²) in [6.07, 6.45) is 0.0300. The van der Waals surface area contributed by atoms with Crippen LogP contribution in [0.15, 0.2) is 103 Å². The summed E-state index contributed by atoms with van der Waals surface area (Å²) < 4.78 is 12.9. The summed E-state index contributed by atoms with van der Waals surface area (Å²) in [5.74, 6) is 1.04. The molecule has 1 amide bonds. The second kappa shape index (κ2) is 9.05. The van der Waals surface area contributed by atoms with E-state index in [-0.39, 0.29) is 23.8 Å². The number of para-hydroxylation sites is 1. The number of amides is 1. The average molecular weight is 504 g/mol. The van der Waals surface area contributed by atoms with Crippen molar-refractivity contribution in [3.05, 3.63) is 125 Å². The molecule has 0 aliphatic carbocycles. The van der Waals surface area contributed by atoms with E-state index in [2.05, 4.69) is 73.8 Å². The third kappa shape index (κ3) is 3.70. The minimum Gasteiger partial charge on any atom is -0.491 e. The first kappa shape index (κ1) is 24.3. The van der Waals surface area contributed by atoms with Crippen molar-refractivity contribution in [3.8, 4) is 11.5 Å². The van der Waals surface area contributed by atoms with Gasteiger partial charge in [-0.1, -0.05) is 84.9 Å². The predicted octanol–water partition coefficient (Wildman–Crippen LogP) is 7.33. The number of nitrogens with one attached hydrogen (secondary N) is 1. The molecule has 0 fully saturated rings. The van der Waals surface area contributed by atoms with Gasteiger partial charge in [-0.15, -0.1) is 0 Å². The Morgan fingerprint density at radius 3 is 2.03 bits per heavy atom. The van der Waals surface area contributed by atoms with Crippen molar-refractivity contribution >= 4 is 11.6 Å². The van der Waals surface area contributed by atoms with Crippen LogP contribution in [0.25, 0.3) is 0 Å². The first-order chi connectivity index (χ1) is 18.3. The molecule has 0 aromatic heterocycles. The Labute approximate surface area is 224 Å². The summed E-state index contributed by atoms with van der Waals surface area (Å²) in [6.45, 7) is 8.25. The van der Waals surface area contributed by atoms with Gasteiger partial charge in [-0.2, -0.15) is 0 Å². The van der Waals surface area contributed by atoms with Crippen molar-refractivity contribution < 1.29 is 14.3 Å². The Morgan fingerprint density at radius 1 is 0.789 bits per heavy atom. The van der Waals surface area contributed by atoms with Gasteiger partial charge < -0.3 is 14.8 Å². The van der Waals surface area contributed by atoms with E-state index in [9.17, 15) is 4.79 Å². The molecule has 4 nitrogen and oxygen atoms in total. The quantitative estimate of drug-likeness (QED) is 0.310. The van der Waals surface area contributed by atoms with E-state index in [4.69, 9.17) is 9.47 Å². The first-order valence-corrected chi connectivity index (χ1v) is 13.3. The van der Waals surface area contributed by atoms with E-state index in [0.717, 1.165) is 33.7 Å². The maximum atomic E-state index is 14.5. The molecule has 0 radical (unpaired) electrons. The zero-order chi connectivity index (χ0) is 26.5. The molecule has 4 heteroatoms. The maximum absolute atomic E-state index is 14.5. The van der Waals surface area contributed by atoms with Crippen LogP contribution in [-0.2, 0) is 10.2 Å². The summed E-state index contributed by atoms with van der Waals surface area (Å²) >= 11 is 0. The molecular formula is C34H33NO3. The molecule has 2 aliphatic heterocycles. The molecule has 1 unspecified atom stereocenters. The normalized spacial score (nSPS) is 21.1. The molecule has 0 saturated heterocycles. The molecule has 0 bridgehead atoms. The van der Waals surface area contributed by atoms with Gasteiger partial charge in [0.2, 0.25) is 5.91 Å². The minimum absolute atomic E-state index is 0.0179. The third-order valence-corrected chi connectivity index (χ3v) is 7.95. The number of rotatable bonds is 5. The van der Waals surface area contributed by atoms with Crippen LogP contribution in [0.4, 0.5) is 5.69 Å². The van der Waals surface area contributed by atoms with E-state index >= 15 is 0 Å². The molecule has 4 aromatic rings. The molecule has 38 heavy (non-hydrogen) atoms. The number of hydrogen-bond acceptors (Lipinski definition) is 3. The SMILES string of the molecule is CC(C)Oc1ccc2c(c1)OC(C)(C)C(C(c1ccccc1)c1ccccc1)[C@]21C(=O)Nc2ccccc21. The molecule has 2 aliphatic rings. The van der Waals surface area contributed by atoms with Crippen LogP contribution >= 0.6 is 0 Å². The van der Waals surface area contributed by atoms with Gasteiger partial charge in [-0.05, 0) is 56.5 Å². The smallest absolute Gasteiger partial charge is 0.240 e. The molecule has 2 heterocycles. The van der Waals surface area contributed by atoms with Gasteiger partial charge in [0.1, 0.15) is 22.5 Å². The van der Waals surface area contributed by atoms with Crippen LogP contribution < -0.4 is 14.8 Å². The second-order valence-electron chi connectivity index (χ2n) is 11.1. The van der Waals surface area contributed by atoms with Crippen LogP contribution in [0, 0.1) is 5.92 Å². The number of benzene rings is 4. The summed E-state index contributed by atoms with van der Waals surface area (Å²) in [5.41, 5.74) is 3.34. The Kier molecular flexibility index (Phi) is 5.79. The zero-order valence-corrected chi connectivity index (χ0v) is 22.3. The van der Waals surface area contributed by atoms with E-state index in [1.165, 1.54) is 0 Å². The number of hydrogen-bond donors (Lipinski definition) is 1.